The predicted octanol–water partition coefficient (Wildman–Crippen LogP) is 2.44. The number of hydrogen-bond acceptors (Lipinski definition) is 8. The fraction of sp³-hybridized carbons (Fsp3) is 0.680. The molecule has 2 aliphatic heterocycles. The van der Waals surface area contributed by atoms with Gasteiger partial charge in [-0.15, -0.1) is 15.0 Å². The van der Waals surface area contributed by atoms with Crippen LogP contribution < -0.4 is 0 Å². The van der Waals surface area contributed by atoms with E-state index in [1.165, 1.54) is 16.9 Å². The van der Waals surface area contributed by atoms with Crippen LogP contribution in [0.15, 0.2) is 18.3 Å². The average Bonchev–Trinajstić information content (AvgIpc) is 3.32. The molecule has 2 atom stereocenters. The smallest absolute Gasteiger partial charge is 0.410 e. The average molecular weight is 516 g/mol. The first-order chi connectivity index (χ1) is 17.5. The summed E-state index contributed by atoms with van der Waals surface area (Å²) in [7, 11) is 0. The van der Waals surface area contributed by atoms with Crippen molar-refractivity contribution in [1.82, 2.24) is 35.0 Å². The number of tetrazole rings is 1. The summed E-state index contributed by atoms with van der Waals surface area (Å²) in [5.41, 5.74) is -1.02. The van der Waals surface area contributed by atoms with Crippen LogP contribution in [0, 0.1) is 11.2 Å². The van der Waals surface area contributed by atoms with Gasteiger partial charge in [0.05, 0.1) is 12.3 Å². The lowest BCUT2D eigenvalue weighted by molar-refractivity contribution is -0.152. The maximum Gasteiger partial charge on any atom is 0.410 e. The predicted molar refractivity (Wildman–Crippen MR) is 129 cm³/mol. The van der Waals surface area contributed by atoms with E-state index in [0.29, 0.717) is 44.1 Å². The zero-order valence-electron chi connectivity index (χ0n) is 21.5. The zero-order valence-corrected chi connectivity index (χ0v) is 21.5. The highest BCUT2D eigenvalue weighted by atomic mass is 19.1. The fourth-order valence-corrected chi connectivity index (χ4v) is 5.55. The fourth-order valence-electron chi connectivity index (χ4n) is 5.55. The Morgan fingerprint density at radius 3 is 2.51 bits per heavy atom. The highest BCUT2D eigenvalue weighted by Crippen LogP contribution is 2.49. The van der Waals surface area contributed by atoms with Crippen LogP contribution in [0.25, 0.3) is 5.82 Å². The molecule has 1 saturated carbocycles. The van der Waals surface area contributed by atoms with Gasteiger partial charge < -0.3 is 14.7 Å². The molecule has 3 aliphatic rings. The van der Waals surface area contributed by atoms with Crippen LogP contribution in [-0.4, -0.2) is 89.5 Å². The molecule has 0 radical (unpaired) electrons. The van der Waals surface area contributed by atoms with Crippen molar-refractivity contribution in [2.75, 3.05) is 19.6 Å². The molecule has 0 unspecified atom stereocenters. The van der Waals surface area contributed by atoms with Crippen molar-refractivity contribution in [3.05, 3.63) is 30.0 Å². The molecule has 1 N–H and O–H groups in total. The molecule has 3 fully saturated rings. The summed E-state index contributed by atoms with van der Waals surface area (Å²) < 4.78 is 18.8. The second-order valence-corrected chi connectivity index (χ2v) is 11.5. The van der Waals surface area contributed by atoms with Crippen molar-refractivity contribution < 1.29 is 23.8 Å². The summed E-state index contributed by atoms with van der Waals surface area (Å²) in [6.45, 7) is 6.71. The third-order valence-corrected chi connectivity index (χ3v) is 7.79. The minimum Gasteiger partial charge on any atom is -0.444 e. The van der Waals surface area contributed by atoms with Crippen molar-refractivity contribution in [3.8, 4) is 5.82 Å². The normalized spacial score (nSPS) is 24.1. The molecule has 200 valence electrons. The molecule has 11 nitrogen and oxygen atoms in total. The van der Waals surface area contributed by atoms with Crippen molar-refractivity contribution in [1.29, 1.82) is 0 Å². The van der Waals surface area contributed by atoms with Crippen molar-refractivity contribution in [2.45, 2.75) is 83.0 Å². The van der Waals surface area contributed by atoms with Crippen molar-refractivity contribution >= 4 is 12.0 Å². The maximum atomic E-state index is 13.6. The van der Waals surface area contributed by atoms with Crippen molar-refractivity contribution in [3.63, 3.8) is 0 Å². The summed E-state index contributed by atoms with van der Waals surface area (Å²) in [5.74, 6) is 0.323. The lowest BCUT2D eigenvalue weighted by Crippen LogP contribution is -2.64. The second-order valence-electron chi connectivity index (χ2n) is 11.5. The molecule has 2 aromatic rings. The molecule has 1 spiro atoms. The molecule has 2 aromatic heterocycles. The van der Waals surface area contributed by atoms with E-state index in [2.05, 4.69) is 20.4 Å². The highest BCUT2D eigenvalue weighted by Gasteiger charge is 2.54. The number of ether oxygens (including phenoxy) is 1. The van der Waals surface area contributed by atoms with Crippen molar-refractivity contribution in [2.24, 2.45) is 5.41 Å². The van der Waals surface area contributed by atoms with Gasteiger partial charge in [0.25, 0.3) is 0 Å². The number of halogens is 1. The van der Waals surface area contributed by atoms with Gasteiger partial charge in [0.2, 0.25) is 5.91 Å². The van der Waals surface area contributed by atoms with E-state index >= 15 is 0 Å². The summed E-state index contributed by atoms with van der Waals surface area (Å²) >= 11 is 0. The Labute approximate surface area is 215 Å². The molecule has 0 bridgehead atoms. The molecule has 37 heavy (non-hydrogen) atoms. The van der Waals surface area contributed by atoms with Gasteiger partial charge in [-0.3, -0.25) is 9.69 Å². The van der Waals surface area contributed by atoms with E-state index in [-0.39, 0.29) is 23.7 Å². The number of aliphatic hydroxyl groups is 1. The first-order valence-corrected chi connectivity index (χ1v) is 12.9. The van der Waals surface area contributed by atoms with Crippen LogP contribution in [0.2, 0.25) is 0 Å². The monoisotopic (exact) mass is 515 g/mol. The molecule has 5 rings (SSSR count). The van der Waals surface area contributed by atoms with Crippen LogP contribution in [0.4, 0.5) is 9.18 Å². The lowest BCUT2D eigenvalue weighted by atomic mass is 9.61. The second kappa shape index (κ2) is 9.62. The molecule has 0 aromatic carbocycles. The molecule has 1 aliphatic carbocycles. The molecule has 2 saturated heterocycles. The van der Waals surface area contributed by atoms with E-state index in [0.717, 1.165) is 25.5 Å². The first kappa shape index (κ1) is 25.5. The summed E-state index contributed by atoms with van der Waals surface area (Å²) in [6, 6.07) is 2.01. The zero-order chi connectivity index (χ0) is 26.4. The van der Waals surface area contributed by atoms with Gasteiger partial charge in [-0.2, -0.15) is 0 Å². The minimum atomic E-state index is -0.754. The van der Waals surface area contributed by atoms with Crippen LogP contribution in [-0.2, 0) is 9.53 Å². The largest absolute Gasteiger partial charge is 0.444 e. The van der Waals surface area contributed by atoms with Gasteiger partial charge in [0.1, 0.15) is 17.5 Å². The van der Waals surface area contributed by atoms with E-state index < -0.39 is 29.7 Å². The standard InChI is InChI=1S/C25H34FN7O4/c1-24(2,3)37-23(36)32-15-25(9-4-10-25)19(34)13-18(32)22(35)31-11-7-16(8-12-31)21-28-30-33(29-21)20-6-5-17(26)14-27-20/h5-6,14,16,18-19,34H,4,7-13,15H2,1-3H3/t18-,19+/m0/s1. The summed E-state index contributed by atoms with van der Waals surface area (Å²) in [5, 5.41) is 23.5. The van der Waals surface area contributed by atoms with Crippen LogP contribution in [0.5, 0.6) is 0 Å². The maximum absolute atomic E-state index is 13.6. The number of rotatable bonds is 3. The number of pyridine rings is 1. The molecule has 4 heterocycles. The van der Waals surface area contributed by atoms with Gasteiger partial charge in [-0.05, 0) is 63.8 Å². The Morgan fingerprint density at radius 2 is 1.92 bits per heavy atom. The summed E-state index contributed by atoms with van der Waals surface area (Å²) in [4.78, 5) is 35.3. The SMILES string of the molecule is CC(C)(C)OC(=O)N1CC2(CCC2)[C@H](O)C[C@H]1C(=O)N1CCC(c2nnn(-c3ccc(F)cn3)n2)CC1. The Morgan fingerprint density at radius 1 is 1.19 bits per heavy atom. The van der Waals surface area contributed by atoms with Crippen LogP contribution in [0.3, 0.4) is 0 Å². The van der Waals surface area contributed by atoms with Gasteiger partial charge in [0.15, 0.2) is 11.6 Å². The van der Waals surface area contributed by atoms with E-state index in [1.807, 2.05) is 0 Å². The number of hydrogen-bond donors (Lipinski definition) is 1. The highest BCUT2D eigenvalue weighted by molar-refractivity contribution is 5.86. The number of amides is 2. The Kier molecular flexibility index (Phi) is 6.63. The van der Waals surface area contributed by atoms with E-state index in [4.69, 9.17) is 4.74 Å². The number of carbonyl (C=O) groups excluding carboxylic acids is 2. The first-order valence-electron chi connectivity index (χ1n) is 12.9. The topological polar surface area (TPSA) is 127 Å². The minimum absolute atomic E-state index is 0.00963. The quantitative estimate of drug-likeness (QED) is 0.661. The van der Waals surface area contributed by atoms with Gasteiger partial charge >= 0.3 is 6.09 Å². The molecule has 2 amide bonds. The Bertz CT molecular complexity index is 1140. The van der Waals surface area contributed by atoms with E-state index in [1.54, 1.807) is 30.6 Å². The number of carbonyl (C=O) groups is 2. The number of piperidine rings is 2. The Balaban J connectivity index is 1.25. The third-order valence-electron chi connectivity index (χ3n) is 7.79. The number of aliphatic hydroxyl groups excluding tert-OH is 1. The van der Waals surface area contributed by atoms with Crippen LogP contribution >= 0.6 is 0 Å². The van der Waals surface area contributed by atoms with Gasteiger partial charge in [-0.1, -0.05) is 6.42 Å². The summed E-state index contributed by atoms with van der Waals surface area (Å²) in [6.07, 6.45) is 4.18. The number of aromatic nitrogens is 5. The lowest BCUT2D eigenvalue weighted by Gasteiger charge is -2.54. The number of nitrogens with zero attached hydrogens (tertiary/aromatic N) is 7. The molecular weight excluding hydrogens is 481 g/mol. The molecule has 12 heteroatoms. The Hall–Kier alpha value is -3.15. The van der Waals surface area contributed by atoms with Crippen LogP contribution in [0.1, 0.15) is 71.0 Å². The van der Waals surface area contributed by atoms with Gasteiger partial charge in [0, 0.05) is 37.4 Å². The third kappa shape index (κ3) is 5.16. The number of likely N-dealkylation sites (tertiary alicyclic amines) is 2. The van der Waals surface area contributed by atoms with E-state index in [9.17, 15) is 19.1 Å². The molecular formula is C25H34FN7O4. The van der Waals surface area contributed by atoms with Gasteiger partial charge in [-0.25, -0.2) is 14.2 Å².